The normalized spacial score (nSPS) is 30.6. The zero-order chi connectivity index (χ0) is 47.6. The molecule has 2 unspecified atom stereocenters. The maximum absolute atomic E-state index is 14.3. The molecule has 3 rings (SSSR count). The molecule has 2 saturated heterocycles. The number of hydrogen-bond donors (Lipinski definition) is 3. The SMILES string of the molecule is CC[C@@H](OC(=O)[C@H](C)[C@@H](OC1C[C@@](C)(OC)[C@@H](O)[C@H](C)O1)[C@H](C)[C@@H](OC1O[C@H](C)C[C@H](N(C)C)[C@H]1OC(=O)OCc1ccccc1)[C@@](C)(C[C@@H](C)[C@H](O)C(C)=O)OC)[C@@](C)(O)C=O. The molecule has 17 heteroatoms. The van der Waals surface area contributed by atoms with E-state index in [2.05, 4.69) is 0 Å². The van der Waals surface area contributed by atoms with Gasteiger partial charge in [0.15, 0.2) is 36.4 Å². The summed E-state index contributed by atoms with van der Waals surface area (Å²) in [6.45, 7) is 16.2. The number of Topliss-reactive ketones (excluding diaryl/α,β-unsaturated/α-hetero) is 1. The molecule has 0 aromatic heterocycles. The maximum Gasteiger partial charge on any atom is 0.509 e. The van der Waals surface area contributed by atoms with E-state index in [1.807, 2.05) is 56.3 Å². The summed E-state index contributed by atoms with van der Waals surface area (Å²) in [5.74, 6) is -3.97. The van der Waals surface area contributed by atoms with Gasteiger partial charge in [-0.15, -0.1) is 0 Å². The summed E-state index contributed by atoms with van der Waals surface area (Å²) >= 11 is 0. The van der Waals surface area contributed by atoms with Crippen LogP contribution in [0.25, 0.3) is 0 Å². The number of nitrogens with zero attached hydrogens (tertiary/aromatic N) is 1. The number of benzene rings is 1. The summed E-state index contributed by atoms with van der Waals surface area (Å²) in [5, 5.41) is 32.8. The topological polar surface area (TPSA) is 215 Å². The summed E-state index contributed by atoms with van der Waals surface area (Å²) < 4.78 is 56.0. The number of hydrogen-bond acceptors (Lipinski definition) is 17. The van der Waals surface area contributed by atoms with Crippen LogP contribution in [-0.2, 0) is 63.6 Å². The number of carbonyl (C=O) groups excluding carboxylic acids is 4. The molecular weight excluding hydrogens is 822 g/mol. The first-order valence-electron chi connectivity index (χ1n) is 21.9. The van der Waals surface area contributed by atoms with Gasteiger partial charge in [-0.2, -0.15) is 0 Å². The van der Waals surface area contributed by atoms with Crippen molar-refractivity contribution >= 4 is 24.2 Å². The van der Waals surface area contributed by atoms with Crippen LogP contribution in [0, 0.1) is 17.8 Å². The molecule has 1 aromatic rings. The van der Waals surface area contributed by atoms with Crippen molar-refractivity contribution in [3.05, 3.63) is 35.9 Å². The Morgan fingerprint density at radius 2 is 1.68 bits per heavy atom. The van der Waals surface area contributed by atoms with E-state index in [0.717, 1.165) is 5.56 Å². The van der Waals surface area contributed by atoms with Crippen molar-refractivity contribution in [2.24, 2.45) is 17.8 Å². The van der Waals surface area contributed by atoms with Crippen molar-refractivity contribution in [2.75, 3.05) is 28.3 Å². The molecule has 0 aliphatic carbocycles. The maximum atomic E-state index is 14.3. The third-order valence-corrected chi connectivity index (χ3v) is 12.9. The first kappa shape index (κ1) is 54.2. The number of aldehydes is 1. The van der Waals surface area contributed by atoms with Crippen LogP contribution in [0.4, 0.5) is 4.79 Å². The minimum absolute atomic E-state index is 0.0415. The van der Waals surface area contributed by atoms with Crippen molar-refractivity contribution in [3.63, 3.8) is 0 Å². The van der Waals surface area contributed by atoms with Crippen LogP contribution in [0.3, 0.4) is 0 Å². The van der Waals surface area contributed by atoms with Crippen molar-refractivity contribution in [1.82, 2.24) is 4.90 Å². The van der Waals surface area contributed by atoms with E-state index in [9.17, 15) is 34.5 Å². The highest BCUT2D eigenvalue weighted by molar-refractivity contribution is 5.80. The standard InChI is InChI=1S/C46H75NO16/c1-15-34(44(8,54)25-48)60-41(52)29(5)37(61-35-23-45(9,55-13)39(51)31(7)59-35)28(4)40(46(10,56-14)22-26(2)36(50)30(6)49)63-42-38(33(47(11)12)21-27(3)58-42)62-43(53)57-24-32-19-17-16-18-20-32/h16-20,25-29,31,33-40,42,50-51,54H,15,21-24H2,1-14H3/t26-,27-,28+,29-,31+,33+,34-,35?,36+,37+,38-,39+,40-,42?,44+,45-,46-/m1/s1. The van der Waals surface area contributed by atoms with Gasteiger partial charge >= 0.3 is 12.1 Å². The zero-order valence-electron chi connectivity index (χ0n) is 39.7. The average Bonchev–Trinajstić information content (AvgIpc) is 3.24. The molecule has 2 aliphatic rings. The number of likely N-dealkylation sites (N-methyl/N-ethyl adjacent to an activating group) is 1. The number of aliphatic hydroxyl groups excluding tert-OH is 2. The van der Waals surface area contributed by atoms with Gasteiger partial charge in [0, 0.05) is 26.6 Å². The van der Waals surface area contributed by atoms with Crippen LogP contribution < -0.4 is 0 Å². The largest absolute Gasteiger partial charge is 0.509 e. The van der Waals surface area contributed by atoms with Crippen LogP contribution in [0.15, 0.2) is 30.3 Å². The molecule has 0 bridgehead atoms. The van der Waals surface area contributed by atoms with E-state index in [1.54, 1.807) is 48.5 Å². The summed E-state index contributed by atoms with van der Waals surface area (Å²) in [4.78, 5) is 54.0. The molecule has 1 aromatic carbocycles. The molecule has 360 valence electrons. The van der Waals surface area contributed by atoms with Gasteiger partial charge in [-0.25, -0.2) is 4.79 Å². The van der Waals surface area contributed by atoms with Crippen molar-refractivity contribution in [3.8, 4) is 0 Å². The second-order valence-electron chi connectivity index (χ2n) is 18.4. The Kier molecular flexibility index (Phi) is 20.1. The fourth-order valence-corrected chi connectivity index (χ4v) is 8.78. The lowest BCUT2D eigenvalue weighted by atomic mass is 9.76. The minimum Gasteiger partial charge on any atom is -0.459 e. The molecule has 63 heavy (non-hydrogen) atoms. The van der Waals surface area contributed by atoms with Gasteiger partial charge in [0.25, 0.3) is 0 Å². The molecule has 17 atom stereocenters. The van der Waals surface area contributed by atoms with E-state index >= 15 is 0 Å². The number of esters is 1. The van der Waals surface area contributed by atoms with Gasteiger partial charge in [0.05, 0.1) is 47.6 Å². The van der Waals surface area contributed by atoms with Crippen LogP contribution >= 0.6 is 0 Å². The molecule has 0 amide bonds. The van der Waals surface area contributed by atoms with Crippen LogP contribution in [-0.4, -0.2) is 157 Å². The second-order valence-corrected chi connectivity index (χ2v) is 18.4. The van der Waals surface area contributed by atoms with Crippen LogP contribution in [0.5, 0.6) is 0 Å². The van der Waals surface area contributed by atoms with Crippen LogP contribution in [0.2, 0.25) is 0 Å². The lowest BCUT2D eigenvalue weighted by molar-refractivity contribution is -0.320. The van der Waals surface area contributed by atoms with Gasteiger partial charge < -0.3 is 62.9 Å². The Hall–Kier alpha value is -3.10. The Morgan fingerprint density at radius 1 is 1.05 bits per heavy atom. The molecule has 0 saturated carbocycles. The van der Waals surface area contributed by atoms with Gasteiger partial charge in [0.2, 0.25) is 0 Å². The molecule has 3 N–H and O–H groups in total. The smallest absolute Gasteiger partial charge is 0.459 e. The minimum atomic E-state index is -1.99. The quantitative estimate of drug-likeness (QED) is 0.103. The lowest BCUT2D eigenvalue weighted by Gasteiger charge is -2.50. The highest BCUT2D eigenvalue weighted by atomic mass is 16.8. The van der Waals surface area contributed by atoms with E-state index in [4.69, 9.17) is 42.6 Å². The van der Waals surface area contributed by atoms with Gasteiger partial charge in [-0.3, -0.25) is 14.4 Å². The van der Waals surface area contributed by atoms with Gasteiger partial charge in [-0.05, 0) is 93.3 Å². The number of carbonyl (C=O) groups is 4. The van der Waals surface area contributed by atoms with Gasteiger partial charge in [0.1, 0.15) is 24.9 Å². The third kappa shape index (κ3) is 14.0. The molecule has 2 fully saturated rings. The summed E-state index contributed by atoms with van der Waals surface area (Å²) in [7, 11) is 6.60. The van der Waals surface area contributed by atoms with E-state index < -0.39 is 120 Å². The summed E-state index contributed by atoms with van der Waals surface area (Å²) in [5.41, 5.74) is -3.74. The molecule has 17 nitrogen and oxygen atoms in total. The number of rotatable bonds is 23. The van der Waals surface area contributed by atoms with Crippen LogP contribution in [0.1, 0.15) is 100 Å². The third-order valence-electron chi connectivity index (χ3n) is 12.9. The molecular formula is C46H75NO16. The first-order valence-corrected chi connectivity index (χ1v) is 21.9. The second kappa shape index (κ2) is 23.4. The van der Waals surface area contributed by atoms with Crippen molar-refractivity contribution in [1.29, 1.82) is 0 Å². The monoisotopic (exact) mass is 898 g/mol. The highest BCUT2D eigenvalue weighted by Gasteiger charge is 2.53. The van der Waals surface area contributed by atoms with Crippen molar-refractivity contribution in [2.45, 2.75) is 186 Å². The Bertz CT molecular complexity index is 1610. The Morgan fingerprint density at radius 3 is 2.22 bits per heavy atom. The predicted octanol–water partition coefficient (Wildman–Crippen LogP) is 4.37. The number of methoxy groups -OCH3 is 2. The first-order chi connectivity index (χ1) is 29.4. The molecule has 2 heterocycles. The van der Waals surface area contributed by atoms with Gasteiger partial charge in [-0.1, -0.05) is 51.1 Å². The van der Waals surface area contributed by atoms with Crippen molar-refractivity contribution < 1.29 is 77.1 Å². The fourth-order valence-electron chi connectivity index (χ4n) is 8.78. The Labute approximate surface area is 373 Å². The molecule has 0 radical (unpaired) electrons. The number of ether oxygens (including phenoxy) is 9. The lowest BCUT2D eigenvalue weighted by Crippen LogP contribution is -2.61. The number of aliphatic hydroxyl groups is 3. The summed E-state index contributed by atoms with van der Waals surface area (Å²) in [6, 6.07) is 8.70. The highest BCUT2D eigenvalue weighted by Crippen LogP contribution is 2.41. The predicted molar refractivity (Wildman–Crippen MR) is 229 cm³/mol. The van der Waals surface area contributed by atoms with E-state index in [1.165, 1.54) is 28.1 Å². The van der Waals surface area contributed by atoms with E-state index in [0.29, 0.717) is 12.7 Å². The summed E-state index contributed by atoms with van der Waals surface area (Å²) in [6.07, 6.45) is -10.4. The van der Waals surface area contributed by atoms with E-state index in [-0.39, 0.29) is 25.9 Å². The Balaban J connectivity index is 2.20. The number of ketones is 1. The zero-order valence-corrected chi connectivity index (χ0v) is 39.7. The fraction of sp³-hybridized carbons (Fsp3) is 0.783. The molecule has 0 spiro atoms. The molecule has 2 aliphatic heterocycles. The average molecular weight is 898 g/mol.